The smallest absolute Gasteiger partial charge is 0.233 e. The molecule has 0 spiro atoms. The first-order chi connectivity index (χ1) is 14.4. The molecule has 2 aromatic rings. The van der Waals surface area contributed by atoms with Gasteiger partial charge in [0.15, 0.2) is 0 Å². The van der Waals surface area contributed by atoms with Gasteiger partial charge in [-0.3, -0.25) is 9.59 Å². The van der Waals surface area contributed by atoms with Crippen LogP contribution in [0.5, 0.6) is 0 Å². The first-order valence-corrected chi connectivity index (χ1v) is 11.1. The Bertz CT molecular complexity index is 840. The fourth-order valence-electron chi connectivity index (χ4n) is 4.32. The third kappa shape index (κ3) is 5.29. The SMILES string of the molecule is CC(C)c1cccc(C(C)C)c1NC(=O)CC(=O)N1CCC(c2ccccc2)CC1. The number of anilines is 1. The third-order valence-electron chi connectivity index (χ3n) is 6.07. The van der Waals surface area contributed by atoms with Crippen LogP contribution < -0.4 is 5.32 Å². The van der Waals surface area contributed by atoms with Crippen LogP contribution in [-0.4, -0.2) is 29.8 Å². The zero-order valence-corrected chi connectivity index (χ0v) is 18.7. The highest BCUT2D eigenvalue weighted by molar-refractivity contribution is 6.04. The van der Waals surface area contributed by atoms with Crippen molar-refractivity contribution >= 4 is 17.5 Å². The van der Waals surface area contributed by atoms with Crippen LogP contribution in [0.4, 0.5) is 5.69 Å². The number of rotatable bonds is 6. The minimum Gasteiger partial charge on any atom is -0.342 e. The fraction of sp³-hybridized carbons (Fsp3) is 0.462. The molecule has 0 radical (unpaired) electrons. The molecular formula is C26H34N2O2. The summed E-state index contributed by atoms with van der Waals surface area (Å²) in [6.45, 7) is 9.92. The number of likely N-dealkylation sites (tertiary alicyclic amines) is 1. The van der Waals surface area contributed by atoms with Gasteiger partial charge in [-0.1, -0.05) is 76.2 Å². The van der Waals surface area contributed by atoms with Crippen LogP contribution in [0.15, 0.2) is 48.5 Å². The van der Waals surface area contributed by atoms with Crippen molar-refractivity contribution in [1.29, 1.82) is 0 Å². The average molecular weight is 407 g/mol. The van der Waals surface area contributed by atoms with E-state index >= 15 is 0 Å². The molecule has 0 aromatic heterocycles. The minimum atomic E-state index is -0.222. The molecular weight excluding hydrogens is 372 g/mol. The van der Waals surface area contributed by atoms with Crippen molar-refractivity contribution in [2.45, 2.75) is 64.7 Å². The number of nitrogens with one attached hydrogen (secondary N) is 1. The summed E-state index contributed by atoms with van der Waals surface area (Å²) in [6, 6.07) is 16.6. The van der Waals surface area contributed by atoms with Gasteiger partial charge in [0.05, 0.1) is 0 Å². The topological polar surface area (TPSA) is 49.4 Å². The average Bonchev–Trinajstić information content (AvgIpc) is 2.74. The summed E-state index contributed by atoms with van der Waals surface area (Å²) >= 11 is 0. The van der Waals surface area contributed by atoms with Crippen LogP contribution in [0.3, 0.4) is 0 Å². The number of amides is 2. The van der Waals surface area contributed by atoms with Gasteiger partial charge >= 0.3 is 0 Å². The maximum absolute atomic E-state index is 12.7. The molecule has 0 saturated carbocycles. The molecule has 30 heavy (non-hydrogen) atoms. The van der Waals surface area contributed by atoms with Crippen molar-refractivity contribution < 1.29 is 9.59 Å². The van der Waals surface area contributed by atoms with E-state index in [0.717, 1.165) is 29.7 Å². The molecule has 0 bridgehead atoms. The molecule has 1 aliphatic heterocycles. The van der Waals surface area contributed by atoms with Gasteiger partial charge in [-0.25, -0.2) is 0 Å². The molecule has 1 saturated heterocycles. The van der Waals surface area contributed by atoms with Crippen molar-refractivity contribution in [2.75, 3.05) is 18.4 Å². The number of piperidine rings is 1. The maximum Gasteiger partial charge on any atom is 0.233 e. The molecule has 1 aliphatic rings. The van der Waals surface area contributed by atoms with Crippen molar-refractivity contribution in [3.05, 3.63) is 65.2 Å². The molecule has 4 heteroatoms. The predicted molar refractivity (Wildman–Crippen MR) is 123 cm³/mol. The van der Waals surface area contributed by atoms with Crippen LogP contribution in [0.25, 0.3) is 0 Å². The van der Waals surface area contributed by atoms with E-state index in [1.807, 2.05) is 17.0 Å². The highest BCUT2D eigenvalue weighted by Gasteiger charge is 2.25. The number of hydrogen-bond acceptors (Lipinski definition) is 2. The fourth-order valence-corrected chi connectivity index (χ4v) is 4.32. The standard InChI is InChI=1S/C26H34N2O2/c1-18(2)22-11-8-12-23(19(3)4)26(22)27-24(29)17-25(30)28-15-13-21(14-16-28)20-9-6-5-7-10-20/h5-12,18-19,21H,13-17H2,1-4H3,(H,27,29). The summed E-state index contributed by atoms with van der Waals surface area (Å²) in [4.78, 5) is 27.3. The molecule has 0 aliphatic carbocycles. The summed E-state index contributed by atoms with van der Waals surface area (Å²) < 4.78 is 0. The van der Waals surface area contributed by atoms with Gasteiger partial charge in [0.1, 0.15) is 6.42 Å². The molecule has 1 N–H and O–H groups in total. The molecule has 0 unspecified atom stereocenters. The molecule has 3 rings (SSSR count). The molecule has 4 nitrogen and oxygen atoms in total. The molecule has 2 amide bonds. The van der Waals surface area contributed by atoms with Crippen molar-refractivity contribution in [3.63, 3.8) is 0 Å². The number of benzene rings is 2. The van der Waals surface area contributed by atoms with Gasteiger partial charge in [0.2, 0.25) is 11.8 Å². The van der Waals surface area contributed by atoms with E-state index in [2.05, 4.69) is 69.4 Å². The normalized spacial score (nSPS) is 14.9. The Balaban J connectivity index is 1.60. The molecule has 2 aromatic carbocycles. The molecule has 1 heterocycles. The highest BCUT2D eigenvalue weighted by Crippen LogP contribution is 2.32. The minimum absolute atomic E-state index is 0.0767. The largest absolute Gasteiger partial charge is 0.342 e. The lowest BCUT2D eigenvalue weighted by atomic mass is 9.89. The van der Waals surface area contributed by atoms with Crippen LogP contribution in [0.1, 0.15) is 81.4 Å². The van der Waals surface area contributed by atoms with Gasteiger partial charge in [-0.05, 0) is 47.3 Å². The molecule has 0 atom stereocenters. The van der Waals surface area contributed by atoms with Crippen molar-refractivity contribution in [2.24, 2.45) is 0 Å². The van der Waals surface area contributed by atoms with Gasteiger partial charge in [0.25, 0.3) is 0 Å². The molecule has 1 fully saturated rings. The summed E-state index contributed by atoms with van der Waals surface area (Å²) in [5.41, 5.74) is 4.45. The Morgan fingerprint density at radius 1 is 0.900 bits per heavy atom. The van der Waals surface area contributed by atoms with E-state index in [1.54, 1.807) is 0 Å². The second kappa shape index (κ2) is 9.92. The first-order valence-electron chi connectivity index (χ1n) is 11.1. The van der Waals surface area contributed by atoms with Crippen LogP contribution in [0.2, 0.25) is 0 Å². The van der Waals surface area contributed by atoms with Gasteiger partial charge < -0.3 is 10.2 Å². The second-order valence-corrected chi connectivity index (χ2v) is 8.91. The summed E-state index contributed by atoms with van der Waals surface area (Å²) in [6.07, 6.45) is 1.80. The van der Waals surface area contributed by atoms with Gasteiger partial charge in [-0.15, -0.1) is 0 Å². The first kappa shape index (κ1) is 22.1. The van der Waals surface area contributed by atoms with Gasteiger partial charge in [0, 0.05) is 18.8 Å². The van der Waals surface area contributed by atoms with Crippen molar-refractivity contribution in [3.8, 4) is 0 Å². The van der Waals surface area contributed by atoms with Crippen LogP contribution in [0, 0.1) is 0 Å². The molecule has 160 valence electrons. The lowest BCUT2D eigenvalue weighted by molar-refractivity contribution is -0.135. The predicted octanol–water partition coefficient (Wildman–Crippen LogP) is 5.67. The van der Waals surface area contributed by atoms with E-state index in [1.165, 1.54) is 5.56 Å². The Labute approximate surface area is 180 Å². The van der Waals surface area contributed by atoms with E-state index in [9.17, 15) is 9.59 Å². The van der Waals surface area contributed by atoms with E-state index < -0.39 is 0 Å². The summed E-state index contributed by atoms with van der Waals surface area (Å²) in [5.74, 6) is 0.793. The third-order valence-corrected chi connectivity index (χ3v) is 6.07. The second-order valence-electron chi connectivity index (χ2n) is 8.91. The number of para-hydroxylation sites is 1. The van der Waals surface area contributed by atoms with Gasteiger partial charge in [-0.2, -0.15) is 0 Å². The van der Waals surface area contributed by atoms with E-state index in [0.29, 0.717) is 30.8 Å². The Morgan fingerprint density at radius 3 is 2.00 bits per heavy atom. The van der Waals surface area contributed by atoms with Crippen LogP contribution >= 0.6 is 0 Å². The number of nitrogens with zero attached hydrogens (tertiary/aromatic N) is 1. The zero-order valence-electron chi connectivity index (χ0n) is 18.7. The zero-order chi connectivity index (χ0) is 21.7. The maximum atomic E-state index is 12.7. The monoisotopic (exact) mass is 406 g/mol. The Kier molecular flexibility index (Phi) is 7.30. The lowest BCUT2D eigenvalue weighted by Crippen LogP contribution is -2.39. The lowest BCUT2D eigenvalue weighted by Gasteiger charge is -2.32. The Hall–Kier alpha value is -2.62. The number of carbonyl (C=O) groups excluding carboxylic acids is 2. The Morgan fingerprint density at radius 2 is 1.47 bits per heavy atom. The van der Waals surface area contributed by atoms with E-state index in [4.69, 9.17) is 0 Å². The van der Waals surface area contributed by atoms with Crippen LogP contribution in [-0.2, 0) is 9.59 Å². The highest BCUT2D eigenvalue weighted by atomic mass is 16.2. The summed E-state index contributed by atoms with van der Waals surface area (Å²) in [7, 11) is 0. The number of carbonyl (C=O) groups is 2. The summed E-state index contributed by atoms with van der Waals surface area (Å²) in [5, 5.41) is 3.06. The van der Waals surface area contributed by atoms with Crippen molar-refractivity contribution in [1.82, 2.24) is 4.90 Å². The van der Waals surface area contributed by atoms with E-state index in [-0.39, 0.29) is 18.2 Å². The quantitative estimate of drug-likeness (QED) is 0.629. The number of hydrogen-bond donors (Lipinski definition) is 1.